The lowest BCUT2D eigenvalue weighted by Gasteiger charge is -2.24. The first-order chi connectivity index (χ1) is 9.20. The average Bonchev–Trinajstić information content (AvgIpc) is 2.82. The van der Waals surface area contributed by atoms with Crippen molar-refractivity contribution in [1.82, 2.24) is 20.1 Å². The van der Waals surface area contributed by atoms with E-state index in [1.807, 2.05) is 0 Å². The van der Waals surface area contributed by atoms with Gasteiger partial charge < -0.3 is 9.88 Å². The summed E-state index contributed by atoms with van der Waals surface area (Å²) in [6, 6.07) is 6.84. The van der Waals surface area contributed by atoms with E-state index in [1.54, 1.807) is 0 Å². The van der Waals surface area contributed by atoms with E-state index >= 15 is 0 Å². The van der Waals surface area contributed by atoms with Crippen LogP contribution in [0.15, 0.2) is 18.2 Å². The largest absolute Gasteiger partial charge is 0.308 e. The number of rotatable bonds is 2. The summed E-state index contributed by atoms with van der Waals surface area (Å²) >= 11 is 0. The van der Waals surface area contributed by atoms with Gasteiger partial charge in [0.15, 0.2) is 11.6 Å². The highest BCUT2D eigenvalue weighted by Crippen LogP contribution is 2.27. The predicted molar refractivity (Wildman–Crippen MR) is 76.0 cm³/mol. The Labute approximate surface area is 113 Å². The van der Waals surface area contributed by atoms with Gasteiger partial charge in [-0.3, -0.25) is 0 Å². The van der Waals surface area contributed by atoms with E-state index in [9.17, 15) is 0 Å². The van der Waals surface area contributed by atoms with E-state index in [0.717, 1.165) is 31.2 Å². The van der Waals surface area contributed by atoms with E-state index < -0.39 is 0 Å². The molecular weight excluding hydrogens is 236 g/mol. The summed E-state index contributed by atoms with van der Waals surface area (Å²) < 4.78 is 2.27. The second-order valence-electron chi connectivity index (χ2n) is 5.27. The first kappa shape index (κ1) is 12.4. The molecule has 0 aliphatic carbocycles. The third-order valence-corrected chi connectivity index (χ3v) is 3.85. The molecule has 0 radical (unpaired) electrons. The van der Waals surface area contributed by atoms with Gasteiger partial charge in [0.05, 0.1) is 6.04 Å². The number of benzene rings is 1. The van der Waals surface area contributed by atoms with Crippen LogP contribution < -0.4 is 5.32 Å². The molecule has 0 saturated carbocycles. The van der Waals surface area contributed by atoms with Gasteiger partial charge >= 0.3 is 0 Å². The number of nitrogens with one attached hydrogen (secondary N) is 1. The van der Waals surface area contributed by atoms with Gasteiger partial charge in [-0.2, -0.15) is 0 Å². The number of hydrogen-bond acceptors (Lipinski definition) is 3. The van der Waals surface area contributed by atoms with Crippen molar-refractivity contribution in [3.63, 3.8) is 0 Å². The highest BCUT2D eigenvalue weighted by molar-refractivity contribution is 5.61. The van der Waals surface area contributed by atoms with Crippen LogP contribution in [0.5, 0.6) is 0 Å². The molecule has 0 amide bonds. The quantitative estimate of drug-likeness (QED) is 0.898. The molecule has 19 heavy (non-hydrogen) atoms. The SMILES string of the molecule is CCC1NCCn2c(-c3ccc(C)cc3C)nnc21. The van der Waals surface area contributed by atoms with Gasteiger partial charge in [0, 0.05) is 18.7 Å². The molecule has 1 aromatic carbocycles. The molecule has 2 aromatic rings. The van der Waals surface area contributed by atoms with Crippen LogP contribution in [0.3, 0.4) is 0 Å². The average molecular weight is 256 g/mol. The summed E-state index contributed by atoms with van der Waals surface area (Å²) in [6.45, 7) is 8.37. The minimum atomic E-state index is 0.334. The lowest BCUT2D eigenvalue weighted by atomic mass is 10.0. The van der Waals surface area contributed by atoms with Gasteiger partial charge in [0.25, 0.3) is 0 Å². The van der Waals surface area contributed by atoms with Crippen LogP contribution in [0, 0.1) is 13.8 Å². The van der Waals surface area contributed by atoms with Crippen molar-refractivity contribution in [2.45, 2.75) is 39.8 Å². The second kappa shape index (κ2) is 4.78. The zero-order valence-corrected chi connectivity index (χ0v) is 11.8. The molecule has 100 valence electrons. The molecule has 1 unspecified atom stereocenters. The van der Waals surface area contributed by atoms with Crippen LogP contribution in [0.25, 0.3) is 11.4 Å². The number of aromatic nitrogens is 3. The van der Waals surface area contributed by atoms with Gasteiger partial charge in [-0.15, -0.1) is 10.2 Å². The number of fused-ring (bicyclic) bond motifs is 1. The smallest absolute Gasteiger partial charge is 0.164 e. The lowest BCUT2D eigenvalue weighted by Crippen LogP contribution is -2.33. The molecule has 3 rings (SSSR count). The molecule has 1 aliphatic heterocycles. The van der Waals surface area contributed by atoms with Gasteiger partial charge in [0.1, 0.15) is 0 Å². The molecular formula is C15H20N4. The Kier molecular flexibility index (Phi) is 3.11. The lowest BCUT2D eigenvalue weighted by molar-refractivity contribution is 0.407. The monoisotopic (exact) mass is 256 g/mol. The summed E-state index contributed by atoms with van der Waals surface area (Å²) in [4.78, 5) is 0. The number of hydrogen-bond donors (Lipinski definition) is 1. The van der Waals surface area contributed by atoms with Crippen LogP contribution in [0.4, 0.5) is 0 Å². The van der Waals surface area contributed by atoms with Crippen molar-refractivity contribution in [3.05, 3.63) is 35.2 Å². The topological polar surface area (TPSA) is 42.7 Å². The van der Waals surface area contributed by atoms with Gasteiger partial charge in [0.2, 0.25) is 0 Å². The Hall–Kier alpha value is -1.68. The fourth-order valence-corrected chi connectivity index (χ4v) is 2.83. The fraction of sp³-hybridized carbons (Fsp3) is 0.467. The Morgan fingerprint density at radius 2 is 2.16 bits per heavy atom. The maximum atomic E-state index is 4.43. The molecule has 4 nitrogen and oxygen atoms in total. The summed E-state index contributed by atoms with van der Waals surface area (Å²) in [5, 5.41) is 12.3. The van der Waals surface area contributed by atoms with Crippen LogP contribution in [-0.4, -0.2) is 21.3 Å². The molecule has 0 saturated heterocycles. The van der Waals surface area contributed by atoms with Gasteiger partial charge in [-0.25, -0.2) is 0 Å². The predicted octanol–water partition coefficient (Wildman–Crippen LogP) is 2.62. The summed E-state index contributed by atoms with van der Waals surface area (Å²) in [7, 11) is 0. The zero-order chi connectivity index (χ0) is 13.4. The third-order valence-electron chi connectivity index (χ3n) is 3.85. The molecule has 1 N–H and O–H groups in total. The third kappa shape index (κ3) is 2.06. The van der Waals surface area contributed by atoms with Crippen molar-refractivity contribution in [1.29, 1.82) is 0 Å². The minimum absolute atomic E-state index is 0.334. The van der Waals surface area contributed by atoms with Crippen LogP contribution in [0.1, 0.15) is 36.3 Å². The fourth-order valence-electron chi connectivity index (χ4n) is 2.83. The maximum absolute atomic E-state index is 4.43. The molecule has 1 aromatic heterocycles. The number of nitrogens with zero attached hydrogens (tertiary/aromatic N) is 3. The summed E-state index contributed by atoms with van der Waals surface area (Å²) in [5.74, 6) is 2.08. The Balaban J connectivity index is 2.09. The molecule has 0 fully saturated rings. The first-order valence-electron chi connectivity index (χ1n) is 6.94. The minimum Gasteiger partial charge on any atom is -0.308 e. The standard InChI is InChI=1S/C15H20N4/c1-4-13-15-18-17-14(19(15)8-7-16-13)12-6-5-10(2)9-11(12)3/h5-6,9,13,16H,4,7-8H2,1-3H3. The highest BCUT2D eigenvalue weighted by atomic mass is 15.3. The van der Waals surface area contributed by atoms with E-state index in [2.05, 4.69) is 59.1 Å². The van der Waals surface area contributed by atoms with Crippen LogP contribution >= 0.6 is 0 Å². The van der Waals surface area contributed by atoms with Crippen molar-refractivity contribution in [2.75, 3.05) is 6.54 Å². The van der Waals surface area contributed by atoms with Gasteiger partial charge in [-0.1, -0.05) is 30.7 Å². The Bertz CT molecular complexity index is 600. The normalized spacial score (nSPS) is 18.4. The summed E-state index contributed by atoms with van der Waals surface area (Å²) in [5.41, 5.74) is 3.75. The van der Waals surface area contributed by atoms with E-state index in [-0.39, 0.29) is 0 Å². The van der Waals surface area contributed by atoms with E-state index in [1.165, 1.54) is 16.7 Å². The molecule has 4 heteroatoms. The first-order valence-corrected chi connectivity index (χ1v) is 6.94. The molecule has 1 atom stereocenters. The van der Waals surface area contributed by atoms with Crippen molar-refractivity contribution in [3.8, 4) is 11.4 Å². The van der Waals surface area contributed by atoms with Crippen LogP contribution in [0.2, 0.25) is 0 Å². The van der Waals surface area contributed by atoms with Crippen LogP contribution in [-0.2, 0) is 6.54 Å². The number of aryl methyl sites for hydroxylation is 2. The zero-order valence-electron chi connectivity index (χ0n) is 11.8. The molecule has 1 aliphatic rings. The van der Waals surface area contributed by atoms with E-state index in [4.69, 9.17) is 0 Å². The molecule has 0 spiro atoms. The van der Waals surface area contributed by atoms with Crippen molar-refractivity contribution < 1.29 is 0 Å². The van der Waals surface area contributed by atoms with Gasteiger partial charge in [-0.05, 0) is 25.8 Å². The van der Waals surface area contributed by atoms with Crippen molar-refractivity contribution >= 4 is 0 Å². The van der Waals surface area contributed by atoms with E-state index in [0.29, 0.717) is 6.04 Å². The second-order valence-corrected chi connectivity index (χ2v) is 5.27. The Morgan fingerprint density at radius 1 is 1.32 bits per heavy atom. The molecule has 0 bridgehead atoms. The highest BCUT2D eigenvalue weighted by Gasteiger charge is 2.24. The molecule has 2 heterocycles. The summed E-state index contributed by atoms with van der Waals surface area (Å²) in [6.07, 6.45) is 1.05. The van der Waals surface area contributed by atoms with Crippen molar-refractivity contribution in [2.24, 2.45) is 0 Å². The maximum Gasteiger partial charge on any atom is 0.164 e. The Morgan fingerprint density at radius 3 is 2.89 bits per heavy atom.